The van der Waals surface area contributed by atoms with Gasteiger partial charge in [0.25, 0.3) is 0 Å². The van der Waals surface area contributed by atoms with Gasteiger partial charge in [-0.1, -0.05) is 29.5 Å². The highest BCUT2D eigenvalue weighted by molar-refractivity contribution is 7.23. The number of hydrogen-bond acceptors (Lipinski definition) is 5. The lowest BCUT2D eigenvalue weighted by atomic mass is 10.2. The highest BCUT2D eigenvalue weighted by atomic mass is 32.1. The van der Waals surface area contributed by atoms with E-state index in [-0.39, 0.29) is 0 Å². The summed E-state index contributed by atoms with van der Waals surface area (Å²) in [6.45, 7) is 0. The summed E-state index contributed by atoms with van der Waals surface area (Å²) >= 11 is 1.30. The zero-order valence-corrected chi connectivity index (χ0v) is 13.1. The minimum absolute atomic E-state index is 0.368. The molecule has 0 fully saturated rings. The van der Waals surface area contributed by atoms with Gasteiger partial charge >= 0.3 is 11.8 Å². The molecule has 2 aromatic carbocycles. The van der Waals surface area contributed by atoms with Crippen LogP contribution in [0.5, 0.6) is 0 Å². The first-order valence-corrected chi connectivity index (χ1v) is 7.92. The van der Waals surface area contributed by atoms with E-state index in [9.17, 15) is 9.59 Å². The molecule has 0 saturated carbocycles. The molecule has 4 aromatic rings. The van der Waals surface area contributed by atoms with Crippen LogP contribution in [0.15, 0.2) is 48.7 Å². The molecule has 8 heteroatoms. The number of benzene rings is 2. The lowest BCUT2D eigenvalue weighted by Crippen LogP contribution is -2.28. The van der Waals surface area contributed by atoms with Gasteiger partial charge in [0.2, 0.25) is 0 Å². The van der Waals surface area contributed by atoms with Crippen molar-refractivity contribution in [1.29, 1.82) is 0 Å². The van der Waals surface area contributed by atoms with Crippen molar-refractivity contribution in [2.24, 2.45) is 0 Å². The first kappa shape index (κ1) is 14.3. The molecule has 0 spiro atoms. The normalized spacial score (nSPS) is 10.8. The molecule has 0 aliphatic heterocycles. The number of fused-ring (bicyclic) bond motifs is 3. The van der Waals surface area contributed by atoms with E-state index >= 15 is 0 Å². The van der Waals surface area contributed by atoms with Gasteiger partial charge in [0.1, 0.15) is 0 Å². The van der Waals surface area contributed by atoms with Gasteiger partial charge in [-0.15, -0.1) is 0 Å². The number of amides is 2. The van der Waals surface area contributed by atoms with Crippen LogP contribution in [-0.2, 0) is 9.59 Å². The zero-order chi connectivity index (χ0) is 16.5. The van der Waals surface area contributed by atoms with Gasteiger partial charge in [-0.2, -0.15) is 5.10 Å². The maximum atomic E-state index is 12.0. The molecular weight excluding hydrogens is 326 g/mol. The number of para-hydroxylation sites is 1. The van der Waals surface area contributed by atoms with Gasteiger partial charge in [0.05, 0.1) is 21.9 Å². The summed E-state index contributed by atoms with van der Waals surface area (Å²) in [4.78, 5) is 28.3. The second kappa shape index (κ2) is 5.74. The van der Waals surface area contributed by atoms with Gasteiger partial charge in [-0.25, -0.2) is 4.98 Å². The Morgan fingerprint density at radius 3 is 2.62 bits per heavy atom. The Morgan fingerprint density at radius 2 is 1.79 bits per heavy atom. The highest BCUT2D eigenvalue weighted by Crippen LogP contribution is 2.31. The fraction of sp³-hybridized carbons (Fsp3) is 0. The molecule has 2 amide bonds. The van der Waals surface area contributed by atoms with Crippen molar-refractivity contribution in [2.45, 2.75) is 0 Å². The average molecular weight is 337 g/mol. The topological polar surface area (TPSA) is 99.8 Å². The number of nitrogens with one attached hydrogen (secondary N) is 3. The minimum Gasteiger partial charge on any atom is -0.318 e. The Hall–Kier alpha value is -3.26. The zero-order valence-electron chi connectivity index (χ0n) is 12.2. The van der Waals surface area contributed by atoms with Crippen molar-refractivity contribution in [3.8, 4) is 0 Å². The van der Waals surface area contributed by atoms with Gasteiger partial charge in [0, 0.05) is 11.1 Å². The third-order valence-electron chi connectivity index (χ3n) is 3.43. The molecule has 0 atom stereocenters. The second-order valence-corrected chi connectivity index (χ2v) is 6.04. The van der Waals surface area contributed by atoms with E-state index in [2.05, 4.69) is 25.8 Å². The Balaban J connectivity index is 1.55. The van der Waals surface area contributed by atoms with E-state index in [4.69, 9.17) is 0 Å². The molecule has 0 bridgehead atoms. The van der Waals surface area contributed by atoms with Gasteiger partial charge in [-0.05, 0) is 24.3 Å². The van der Waals surface area contributed by atoms with Crippen molar-refractivity contribution < 1.29 is 9.59 Å². The monoisotopic (exact) mass is 337 g/mol. The van der Waals surface area contributed by atoms with Crippen LogP contribution in [0.4, 0.5) is 10.8 Å². The summed E-state index contributed by atoms with van der Waals surface area (Å²) in [7, 11) is 0. The van der Waals surface area contributed by atoms with E-state index in [1.54, 1.807) is 30.5 Å². The summed E-state index contributed by atoms with van der Waals surface area (Å²) < 4.78 is 0.903. The highest BCUT2D eigenvalue weighted by Gasteiger charge is 2.17. The van der Waals surface area contributed by atoms with Crippen molar-refractivity contribution in [3.63, 3.8) is 0 Å². The molecule has 0 unspecified atom stereocenters. The van der Waals surface area contributed by atoms with Crippen LogP contribution >= 0.6 is 11.3 Å². The predicted octanol–water partition coefficient (Wildman–Crippen LogP) is 2.75. The molecule has 0 saturated heterocycles. The lowest BCUT2D eigenvalue weighted by molar-refractivity contribution is -0.132. The van der Waals surface area contributed by atoms with Crippen LogP contribution in [0.25, 0.3) is 21.1 Å². The van der Waals surface area contributed by atoms with Crippen LogP contribution in [-0.4, -0.2) is 27.0 Å². The maximum Gasteiger partial charge on any atom is 0.315 e. The number of aromatic nitrogens is 3. The largest absolute Gasteiger partial charge is 0.318 e. The van der Waals surface area contributed by atoms with E-state index in [1.807, 2.05) is 18.2 Å². The standard InChI is InChI=1S/C16H11N5O2S/c22-14(18-9-4-2-1-3-5-9)15(23)20-16-19-12-7-6-11-10(8-17-21-11)13(12)24-16/h1-8H,(H,17,21)(H,18,22)(H,19,20,23). The summed E-state index contributed by atoms with van der Waals surface area (Å²) in [5.41, 5.74) is 2.19. The maximum absolute atomic E-state index is 12.0. The molecule has 2 aromatic heterocycles. The number of nitrogens with zero attached hydrogens (tertiary/aromatic N) is 2. The van der Waals surface area contributed by atoms with Gasteiger partial charge in [-0.3, -0.25) is 20.0 Å². The second-order valence-electron chi connectivity index (χ2n) is 5.04. The number of thiazole rings is 1. The van der Waals surface area contributed by atoms with E-state index in [0.29, 0.717) is 10.8 Å². The molecule has 24 heavy (non-hydrogen) atoms. The molecule has 3 N–H and O–H groups in total. The average Bonchev–Trinajstić information content (AvgIpc) is 3.20. The fourth-order valence-electron chi connectivity index (χ4n) is 2.32. The Kier molecular flexibility index (Phi) is 3.43. The van der Waals surface area contributed by atoms with E-state index in [0.717, 1.165) is 21.1 Å². The smallest absolute Gasteiger partial charge is 0.315 e. The van der Waals surface area contributed by atoms with Crippen LogP contribution in [0, 0.1) is 0 Å². The quantitative estimate of drug-likeness (QED) is 0.490. The van der Waals surface area contributed by atoms with E-state index in [1.165, 1.54) is 11.3 Å². The SMILES string of the molecule is O=C(Nc1ccccc1)C(=O)Nc1nc2ccc3[nH]ncc3c2s1. The van der Waals surface area contributed by atoms with Crippen LogP contribution in [0.3, 0.4) is 0 Å². The molecule has 0 radical (unpaired) electrons. The molecule has 2 heterocycles. The first-order valence-electron chi connectivity index (χ1n) is 7.11. The molecular formula is C16H11N5O2S. The van der Waals surface area contributed by atoms with Crippen LogP contribution in [0.2, 0.25) is 0 Å². The number of carbonyl (C=O) groups is 2. The Bertz CT molecular complexity index is 1050. The number of H-pyrrole nitrogens is 1. The summed E-state index contributed by atoms with van der Waals surface area (Å²) in [5, 5.41) is 13.2. The number of rotatable bonds is 2. The minimum atomic E-state index is -0.763. The van der Waals surface area contributed by atoms with Crippen molar-refractivity contribution in [1.82, 2.24) is 15.2 Å². The molecule has 0 aliphatic carbocycles. The summed E-state index contributed by atoms with van der Waals surface area (Å²) in [6.07, 6.45) is 1.71. The van der Waals surface area contributed by atoms with Crippen molar-refractivity contribution in [3.05, 3.63) is 48.7 Å². The van der Waals surface area contributed by atoms with Crippen LogP contribution in [0.1, 0.15) is 0 Å². The van der Waals surface area contributed by atoms with Crippen LogP contribution < -0.4 is 10.6 Å². The number of aromatic amines is 1. The van der Waals surface area contributed by atoms with Gasteiger partial charge in [0.15, 0.2) is 5.13 Å². The molecule has 0 aliphatic rings. The predicted molar refractivity (Wildman–Crippen MR) is 93.0 cm³/mol. The van der Waals surface area contributed by atoms with Crippen molar-refractivity contribution in [2.75, 3.05) is 10.6 Å². The third-order valence-corrected chi connectivity index (χ3v) is 4.45. The number of hydrogen-bond donors (Lipinski definition) is 3. The lowest BCUT2D eigenvalue weighted by Gasteiger charge is -2.03. The summed E-state index contributed by atoms with van der Waals surface area (Å²) in [6, 6.07) is 12.5. The number of carbonyl (C=O) groups excluding carboxylic acids is 2. The van der Waals surface area contributed by atoms with Crippen molar-refractivity contribution >= 4 is 55.1 Å². The van der Waals surface area contributed by atoms with E-state index < -0.39 is 11.8 Å². The Morgan fingerprint density at radius 1 is 1.00 bits per heavy atom. The first-order chi connectivity index (χ1) is 11.7. The molecule has 118 valence electrons. The molecule has 7 nitrogen and oxygen atoms in total. The number of anilines is 2. The fourth-order valence-corrected chi connectivity index (χ4v) is 3.29. The van der Waals surface area contributed by atoms with Gasteiger partial charge < -0.3 is 5.32 Å². The molecule has 4 rings (SSSR count). The Labute approximate surface area is 139 Å². The summed E-state index contributed by atoms with van der Waals surface area (Å²) in [5.74, 6) is -1.50. The third kappa shape index (κ3) is 2.59.